The van der Waals surface area contributed by atoms with Gasteiger partial charge in [0.1, 0.15) is 0 Å². The summed E-state index contributed by atoms with van der Waals surface area (Å²) in [5, 5.41) is 2.86. The molecule has 1 aromatic rings. The van der Waals surface area contributed by atoms with Gasteiger partial charge in [-0.15, -0.1) is 0 Å². The summed E-state index contributed by atoms with van der Waals surface area (Å²) in [6, 6.07) is 7.66. The number of amides is 2. The van der Waals surface area contributed by atoms with Crippen molar-refractivity contribution in [2.75, 3.05) is 18.4 Å². The quantitative estimate of drug-likeness (QED) is 0.814. The maximum Gasteiger partial charge on any atom is 0.243 e. The Kier molecular flexibility index (Phi) is 6.39. The van der Waals surface area contributed by atoms with Crippen LogP contribution >= 0.6 is 0 Å². The van der Waals surface area contributed by atoms with E-state index in [9.17, 15) is 9.59 Å². The number of anilines is 1. The third-order valence-electron chi connectivity index (χ3n) is 4.17. The molecule has 0 aliphatic heterocycles. The van der Waals surface area contributed by atoms with E-state index in [2.05, 4.69) is 11.4 Å². The molecule has 1 aliphatic carbocycles. The highest BCUT2D eigenvalue weighted by Gasteiger charge is 2.15. The van der Waals surface area contributed by atoms with Gasteiger partial charge in [0.25, 0.3) is 0 Å². The summed E-state index contributed by atoms with van der Waals surface area (Å²) in [4.78, 5) is 25.6. The first-order valence-corrected chi connectivity index (χ1v) is 8.34. The molecule has 0 saturated heterocycles. The smallest absolute Gasteiger partial charge is 0.243 e. The number of aryl methyl sites for hydroxylation is 1. The van der Waals surface area contributed by atoms with Gasteiger partial charge in [-0.25, -0.2) is 0 Å². The Bertz CT molecular complexity index is 593. The van der Waals surface area contributed by atoms with Crippen LogP contribution in [0.15, 0.2) is 35.9 Å². The number of rotatable bonds is 6. The van der Waals surface area contributed by atoms with Gasteiger partial charge in [-0.1, -0.05) is 23.8 Å². The second-order valence-electron chi connectivity index (χ2n) is 6.22. The second-order valence-corrected chi connectivity index (χ2v) is 6.22. The zero-order chi connectivity index (χ0) is 16.7. The Morgan fingerprint density at radius 3 is 2.74 bits per heavy atom. The van der Waals surface area contributed by atoms with E-state index in [1.165, 1.54) is 25.3 Å². The molecule has 2 rings (SSSR count). The van der Waals surface area contributed by atoms with Gasteiger partial charge in [0.15, 0.2) is 0 Å². The van der Waals surface area contributed by atoms with Gasteiger partial charge >= 0.3 is 0 Å². The Hall–Kier alpha value is -2.10. The fourth-order valence-electron chi connectivity index (χ4n) is 2.85. The van der Waals surface area contributed by atoms with E-state index < -0.39 is 0 Å². The molecule has 1 N–H and O–H groups in total. The molecule has 124 valence electrons. The van der Waals surface area contributed by atoms with Crippen molar-refractivity contribution in [3.63, 3.8) is 0 Å². The van der Waals surface area contributed by atoms with Crippen molar-refractivity contribution in [3.8, 4) is 0 Å². The number of benzene rings is 1. The standard InChI is InChI=1S/C19H26N2O2/c1-15-7-6-10-18(13-15)20-19(23)14-21(16(2)22)12-11-17-8-4-3-5-9-17/h6-8,10,13H,3-5,9,11-12,14H2,1-2H3,(H,20,23). The highest BCUT2D eigenvalue weighted by molar-refractivity contribution is 5.94. The molecule has 23 heavy (non-hydrogen) atoms. The van der Waals surface area contributed by atoms with Gasteiger partial charge in [-0.2, -0.15) is 0 Å². The molecule has 4 heteroatoms. The number of carbonyl (C=O) groups excluding carboxylic acids is 2. The summed E-state index contributed by atoms with van der Waals surface area (Å²) in [6.07, 6.45) is 7.93. The van der Waals surface area contributed by atoms with Crippen molar-refractivity contribution in [1.82, 2.24) is 4.90 Å². The zero-order valence-corrected chi connectivity index (χ0v) is 14.1. The number of carbonyl (C=O) groups is 2. The highest BCUT2D eigenvalue weighted by atomic mass is 16.2. The minimum absolute atomic E-state index is 0.0548. The maximum absolute atomic E-state index is 12.2. The van der Waals surface area contributed by atoms with Crippen LogP contribution in [0, 0.1) is 6.92 Å². The Balaban J connectivity index is 1.86. The molecule has 2 amide bonds. The van der Waals surface area contributed by atoms with Gasteiger partial charge < -0.3 is 10.2 Å². The molecule has 0 radical (unpaired) electrons. The minimum atomic E-state index is -0.150. The Morgan fingerprint density at radius 2 is 2.09 bits per heavy atom. The van der Waals surface area contributed by atoms with Gasteiger partial charge in [-0.05, 0) is 56.7 Å². The molecular weight excluding hydrogens is 288 g/mol. The van der Waals surface area contributed by atoms with Crippen LogP contribution in [0.3, 0.4) is 0 Å². The third kappa shape index (κ3) is 5.89. The number of hydrogen-bond acceptors (Lipinski definition) is 2. The normalized spacial score (nSPS) is 14.1. The highest BCUT2D eigenvalue weighted by Crippen LogP contribution is 2.20. The first-order chi connectivity index (χ1) is 11.0. The van der Waals surface area contributed by atoms with Crippen LogP contribution in [-0.4, -0.2) is 29.8 Å². The van der Waals surface area contributed by atoms with E-state index in [1.54, 1.807) is 4.90 Å². The fourth-order valence-corrected chi connectivity index (χ4v) is 2.85. The predicted molar refractivity (Wildman–Crippen MR) is 93.2 cm³/mol. The molecule has 1 aromatic carbocycles. The Labute approximate surface area is 138 Å². The third-order valence-corrected chi connectivity index (χ3v) is 4.17. The van der Waals surface area contributed by atoms with Gasteiger partial charge in [0.2, 0.25) is 11.8 Å². The number of allylic oxidation sites excluding steroid dienone is 1. The zero-order valence-electron chi connectivity index (χ0n) is 14.1. The van der Waals surface area contributed by atoms with Crippen LogP contribution in [-0.2, 0) is 9.59 Å². The molecule has 4 nitrogen and oxygen atoms in total. The van der Waals surface area contributed by atoms with Gasteiger partial charge in [0, 0.05) is 19.2 Å². The first-order valence-electron chi connectivity index (χ1n) is 8.34. The maximum atomic E-state index is 12.2. The van der Waals surface area contributed by atoms with E-state index >= 15 is 0 Å². The number of nitrogens with zero attached hydrogens (tertiary/aromatic N) is 1. The Morgan fingerprint density at radius 1 is 1.26 bits per heavy atom. The molecule has 0 fully saturated rings. The molecule has 0 heterocycles. The summed E-state index contributed by atoms with van der Waals surface area (Å²) >= 11 is 0. The van der Waals surface area contributed by atoms with Gasteiger partial charge in [-0.3, -0.25) is 9.59 Å². The molecule has 1 aliphatic rings. The van der Waals surface area contributed by atoms with Crippen molar-refractivity contribution in [2.24, 2.45) is 0 Å². The SMILES string of the molecule is CC(=O)N(CCC1=CCCCC1)CC(=O)Nc1cccc(C)c1. The average molecular weight is 314 g/mol. The van der Waals surface area contributed by atoms with E-state index in [0.717, 1.165) is 30.5 Å². The lowest BCUT2D eigenvalue weighted by Crippen LogP contribution is -2.37. The van der Waals surface area contributed by atoms with Crippen LogP contribution in [0.2, 0.25) is 0 Å². The lowest BCUT2D eigenvalue weighted by atomic mass is 9.97. The van der Waals surface area contributed by atoms with Crippen LogP contribution < -0.4 is 5.32 Å². The van der Waals surface area contributed by atoms with Crippen molar-refractivity contribution < 1.29 is 9.59 Å². The molecule has 0 unspecified atom stereocenters. The number of hydrogen-bond donors (Lipinski definition) is 1. The summed E-state index contributed by atoms with van der Waals surface area (Å²) < 4.78 is 0. The summed E-state index contributed by atoms with van der Waals surface area (Å²) in [6.45, 7) is 4.23. The van der Waals surface area contributed by atoms with Crippen LogP contribution in [0.4, 0.5) is 5.69 Å². The van der Waals surface area contributed by atoms with Crippen molar-refractivity contribution in [3.05, 3.63) is 41.5 Å². The first kappa shape index (κ1) is 17.3. The summed E-state index contributed by atoms with van der Waals surface area (Å²) in [5.74, 6) is -0.204. The lowest BCUT2D eigenvalue weighted by Gasteiger charge is -2.22. The van der Waals surface area contributed by atoms with E-state index in [-0.39, 0.29) is 18.4 Å². The average Bonchev–Trinajstić information content (AvgIpc) is 2.52. The minimum Gasteiger partial charge on any atom is -0.333 e. The molecule has 0 atom stereocenters. The molecule has 0 aromatic heterocycles. The van der Waals surface area contributed by atoms with E-state index in [1.807, 2.05) is 31.2 Å². The number of nitrogens with one attached hydrogen (secondary N) is 1. The van der Waals surface area contributed by atoms with Gasteiger partial charge in [0.05, 0.1) is 6.54 Å². The molecule has 0 bridgehead atoms. The van der Waals surface area contributed by atoms with Crippen molar-refractivity contribution in [2.45, 2.75) is 46.0 Å². The van der Waals surface area contributed by atoms with Crippen LogP contribution in [0.1, 0.15) is 44.6 Å². The van der Waals surface area contributed by atoms with E-state index in [0.29, 0.717) is 6.54 Å². The summed E-state index contributed by atoms with van der Waals surface area (Å²) in [7, 11) is 0. The predicted octanol–water partition coefficient (Wildman–Crippen LogP) is 3.67. The summed E-state index contributed by atoms with van der Waals surface area (Å²) in [5.41, 5.74) is 3.28. The molecule has 0 saturated carbocycles. The van der Waals surface area contributed by atoms with Crippen LogP contribution in [0.5, 0.6) is 0 Å². The largest absolute Gasteiger partial charge is 0.333 e. The van der Waals surface area contributed by atoms with Crippen molar-refractivity contribution >= 4 is 17.5 Å². The van der Waals surface area contributed by atoms with Crippen molar-refractivity contribution in [1.29, 1.82) is 0 Å². The monoisotopic (exact) mass is 314 g/mol. The topological polar surface area (TPSA) is 49.4 Å². The van der Waals surface area contributed by atoms with E-state index in [4.69, 9.17) is 0 Å². The molecule has 0 spiro atoms. The second kappa shape index (κ2) is 8.51. The lowest BCUT2D eigenvalue weighted by molar-refractivity contribution is -0.132. The fraction of sp³-hybridized carbons (Fsp3) is 0.474. The van der Waals surface area contributed by atoms with Crippen LogP contribution in [0.25, 0.3) is 0 Å². The molecular formula is C19H26N2O2.